The number of anilines is 1. The number of aromatic nitrogens is 2. The minimum atomic E-state index is 0.397. The molecule has 5 heteroatoms. The third-order valence-corrected chi connectivity index (χ3v) is 4.19. The summed E-state index contributed by atoms with van der Waals surface area (Å²) in [6.45, 7) is 2.76. The SMILES string of the molecule is c1ncc(N2CC3CCC(C2)O3)nc1CNC1CC1. The Balaban J connectivity index is 1.46. The lowest BCUT2D eigenvalue weighted by Crippen LogP contribution is -2.43. The van der Waals surface area contributed by atoms with Gasteiger partial charge in [-0.05, 0) is 25.7 Å². The third-order valence-electron chi connectivity index (χ3n) is 4.19. The number of fused-ring (bicyclic) bond motifs is 2. The minimum absolute atomic E-state index is 0.397. The summed E-state index contributed by atoms with van der Waals surface area (Å²) >= 11 is 0. The quantitative estimate of drug-likeness (QED) is 0.878. The number of nitrogens with zero attached hydrogens (tertiary/aromatic N) is 3. The zero-order valence-electron chi connectivity index (χ0n) is 11.1. The first-order chi connectivity index (χ1) is 9.37. The lowest BCUT2D eigenvalue weighted by molar-refractivity contribution is 0.0302. The van der Waals surface area contributed by atoms with E-state index in [0.29, 0.717) is 18.2 Å². The van der Waals surface area contributed by atoms with Crippen LogP contribution in [-0.2, 0) is 11.3 Å². The van der Waals surface area contributed by atoms with E-state index in [2.05, 4.69) is 15.2 Å². The van der Waals surface area contributed by atoms with Crippen molar-refractivity contribution < 1.29 is 4.74 Å². The van der Waals surface area contributed by atoms with Crippen LogP contribution < -0.4 is 10.2 Å². The Kier molecular flexibility index (Phi) is 2.89. The second kappa shape index (κ2) is 4.72. The van der Waals surface area contributed by atoms with Crippen LogP contribution >= 0.6 is 0 Å². The minimum Gasteiger partial charge on any atom is -0.371 e. The Morgan fingerprint density at radius 3 is 2.68 bits per heavy atom. The van der Waals surface area contributed by atoms with E-state index in [1.165, 1.54) is 25.7 Å². The van der Waals surface area contributed by atoms with E-state index in [0.717, 1.165) is 31.1 Å². The van der Waals surface area contributed by atoms with E-state index < -0.39 is 0 Å². The van der Waals surface area contributed by atoms with E-state index in [-0.39, 0.29) is 0 Å². The van der Waals surface area contributed by atoms with Gasteiger partial charge in [-0.3, -0.25) is 4.98 Å². The van der Waals surface area contributed by atoms with Gasteiger partial charge in [-0.25, -0.2) is 4.98 Å². The first kappa shape index (κ1) is 11.6. The topological polar surface area (TPSA) is 50.3 Å². The molecule has 1 aromatic rings. The number of hydrogen-bond donors (Lipinski definition) is 1. The van der Waals surface area contributed by atoms with Crippen LogP contribution in [0.4, 0.5) is 5.82 Å². The van der Waals surface area contributed by atoms with Crippen molar-refractivity contribution >= 4 is 5.82 Å². The van der Waals surface area contributed by atoms with Gasteiger partial charge in [0, 0.05) is 31.9 Å². The van der Waals surface area contributed by atoms with Gasteiger partial charge >= 0.3 is 0 Å². The van der Waals surface area contributed by atoms with Crippen LogP contribution in [-0.4, -0.2) is 41.3 Å². The molecule has 2 unspecified atom stereocenters. The number of rotatable bonds is 4. The predicted octanol–water partition coefficient (Wildman–Crippen LogP) is 1.10. The van der Waals surface area contributed by atoms with Gasteiger partial charge in [0.05, 0.1) is 24.1 Å². The molecule has 5 nitrogen and oxygen atoms in total. The maximum absolute atomic E-state index is 5.86. The second-order valence-corrected chi connectivity index (χ2v) is 5.89. The Bertz CT molecular complexity index is 451. The molecule has 1 saturated carbocycles. The highest BCUT2D eigenvalue weighted by Gasteiger charge is 2.34. The maximum Gasteiger partial charge on any atom is 0.147 e. The Labute approximate surface area is 113 Å². The normalized spacial score (nSPS) is 29.8. The number of nitrogens with one attached hydrogen (secondary N) is 1. The molecule has 3 heterocycles. The molecule has 102 valence electrons. The van der Waals surface area contributed by atoms with Gasteiger partial charge in [0.1, 0.15) is 5.82 Å². The molecule has 0 spiro atoms. The molecule has 0 amide bonds. The number of ether oxygens (including phenoxy) is 1. The highest BCUT2D eigenvalue weighted by atomic mass is 16.5. The van der Waals surface area contributed by atoms with Crippen LogP contribution in [0, 0.1) is 0 Å². The fourth-order valence-corrected chi connectivity index (χ4v) is 2.97. The molecule has 1 aromatic heterocycles. The summed E-state index contributed by atoms with van der Waals surface area (Å²) in [6, 6.07) is 0.713. The molecular formula is C14H20N4O. The summed E-state index contributed by atoms with van der Waals surface area (Å²) in [5, 5.41) is 3.49. The van der Waals surface area contributed by atoms with Crippen molar-refractivity contribution in [2.75, 3.05) is 18.0 Å². The fourth-order valence-electron chi connectivity index (χ4n) is 2.97. The van der Waals surface area contributed by atoms with Crippen molar-refractivity contribution in [2.45, 2.75) is 50.5 Å². The zero-order valence-corrected chi connectivity index (χ0v) is 11.1. The van der Waals surface area contributed by atoms with Crippen LogP contribution in [0.2, 0.25) is 0 Å². The molecule has 4 rings (SSSR count). The van der Waals surface area contributed by atoms with E-state index in [1.54, 1.807) is 0 Å². The summed E-state index contributed by atoms with van der Waals surface area (Å²) in [7, 11) is 0. The van der Waals surface area contributed by atoms with Gasteiger partial charge in [0.15, 0.2) is 0 Å². The van der Waals surface area contributed by atoms with Crippen molar-refractivity contribution in [3.63, 3.8) is 0 Å². The number of hydrogen-bond acceptors (Lipinski definition) is 5. The standard InChI is InChI=1S/C14H20N4O/c1-2-10(1)16-6-11-5-15-7-14(17-11)18-8-12-3-4-13(9-18)19-12/h5,7,10,12-13,16H,1-4,6,8-9H2. The average Bonchev–Trinajstić information content (AvgIpc) is 3.22. The highest BCUT2D eigenvalue weighted by Crippen LogP contribution is 2.28. The van der Waals surface area contributed by atoms with Gasteiger partial charge < -0.3 is 15.0 Å². The summed E-state index contributed by atoms with van der Waals surface area (Å²) < 4.78 is 5.86. The lowest BCUT2D eigenvalue weighted by Gasteiger charge is -2.32. The van der Waals surface area contributed by atoms with Crippen LogP contribution in [0.3, 0.4) is 0 Å². The van der Waals surface area contributed by atoms with Crippen LogP contribution in [0.5, 0.6) is 0 Å². The molecule has 3 aliphatic rings. The smallest absolute Gasteiger partial charge is 0.147 e. The van der Waals surface area contributed by atoms with E-state index in [4.69, 9.17) is 9.72 Å². The van der Waals surface area contributed by atoms with E-state index >= 15 is 0 Å². The molecule has 0 radical (unpaired) electrons. The average molecular weight is 260 g/mol. The lowest BCUT2D eigenvalue weighted by atomic mass is 10.2. The maximum atomic E-state index is 5.86. The van der Waals surface area contributed by atoms with Crippen LogP contribution in [0.1, 0.15) is 31.4 Å². The molecule has 1 aliphatic carbocycles. The summed E-state index contributed by atoms with van der Waals surface area (Å²) in [5.41, 5.74) is 1.04. The molecule has 2 atom stereocenters. The molecule has 3 fully saturated rings. The molecule has 0 aromatic carbocycles. The van der Waals surface area contributed by atoms with Gasteiger partial charge in [0.2, 0.25) is 0 Å². The molecular weight excluding hydrogens is 240 g/mol. The van der Waals surface area contributed by atoms with Gasteiger partial charge in [0.25, 0.3) is 0 Å². The first-order valence-electron chi connectivity index (χ1n) is 7.31. The van der Waals surface area contributed by atoms with E-state index in [1.807, 2.05) is 12.4 Å². The Morgan fingerprint density at radius 1 is 1.16 bits per heavy atom. The third kappa shape index (κ3) is 2.58. The molecule has 2 aliphatic heterocycles. The molecule has 19 heavy (non-hydrogen) atoms. The zero-order chi connectivity index (χ0) is 12.7. The van der Waals surface area contributed by atoms with Crippen LogP contribution in [0.15, 0.2) is 12.4 Å². The fraction of sp³-hybridized carbons (Fsp3) is 0.714. The molecule has 2 bridgehead atoms. The van der Waals surface area contributed by atoms with Gasteiger partial charge in [-0.15, -0.1) is 0 Å². The van der Waals surface area contributed by atoms with Crippen molar-refractivity contribution in [3.8, 4) is 0 Å². The Morgan fingerprint density at radius 2 is 1.95 bits per heavy atom. The summed E-state index contributed by atoms with van der Waals surface area (Å²) in [6.07, 6.45) is 9.54. The van der Waals surface area contributed by atoms with Crippen molar-refractivity contribution in [3.05, 3.63) is 18.1 Å². The van der Waals surface area contributed by atoms with Crippen molar-refractivity contribution in [2.24, 2.45) is 0 Å². The predicted molar refractivity (Wildman–Crippen MR) is 72.0 cm³/mol. The van der Waals surface area contributed by atoms with E-state index in [9.17, 15) is 0 Å². The Hall–Kier alpha value is -1.20. The van der Waals surface area contributed by atoms with Crippen LogP contribution in [0.25, 0.3) is 0 Å². The second-order valence-electron chi connectivity index (χ2n) is 5.89. The van der Waals surface area contributed by atoms with Crippen molar-refractivity contribution in [1.82, 2.24) is 15.3 Å². The first-order valence-corrected chi connectivity index (χ1v) is 7.31. The molecule has 2 saturated heterocycles. The summed E-state index contributed by atoms with van der Waals surface area (Å²) in [4.78, 5) is 11.4. The van der Waals surface area contributed by atoms with Gasteiger partial charge in [-0.2, -0.15) is 0 Å². The number of morpholine rings is 1. The monoisotopic (exact) mass is 260 g/mol. The largest absolute Gasteiger partial charge is 0.371 e. The highest BCUT2D eigenvalue weighted by molar-refractivity contribution is 5.38. The summed E-state index contributed by atoms with van der Waals surface area (Å²) in [5.74, 6) is 1.01. The molecule has 1 N–H and O–H groups in total. The van der Waals surface area contributed by atoms with Crippen molar-refractivity contribution in [1.29, 1.82) is 0 Å². The van der Waals surface area contributed by atoms with Gasteiger partial charge in [-0.1, -0.05) is 0 Å².